The van der Waals surface area contributed by atoms with Gasteiger partial charge in [-0.05, 0) is 49.4 Å². The molecule has 0 aromatic heterocycles. The monoisotopic (exact) mass is 353 g/mol. The number of benzene rings is 1. The van der Waals surface area contributed by atoms with Gasteiger partial charge in [0.1, 0.15) is 0 Å². The summed E-state index contributed by atoms with van der Waals surface area (Å²) in [6.45, 7) is 3.92. The van der Waals surface area contributed by atoms with E-state index >= 15 is 0 Å². The van der Waals surface area contributed by atoms with E-state index in [1.807, 2.05) is 25.1 Å². The van der Waals surface area contributed by atoms with Crippen molar-refractivity contribution in [1.29, 1.82) is 0 Å². The highest BCUT2D eigenvalue weighted by Gasteiger charge is 2.33. The van der Waals surface area contributed by atoms with E-state index in [0.29, 0.717) is 13.0 Å². The van der Waals surface area contributed by atoms with Crippen LogP contribution in [0.5, 0.6) is 0 Å². The van der Waals surface area contributed by atoms with Gasteiger partial charge in [-0.3, -0.25) is 9.59 Å². The van der Waals surface area contributed by atoms with E-state index in [2.05, 4.69) is 10.6 Å². The molecular formula is C18H28ClN3O2. The van der Waals surface area contributed by atoms with Gasteiger partial charge < -0.3 is 16.4 Å². The predicted octanol–water partition coefficient (Wildman–Crippen LogP) is 3.61. The van der Waals surface area contributed by atoms with E-state index in [1.165, 1.54) is 13.3 Å². The number of rotatable bonds is 5. The van der Waals surface area contributed by atoms with Gasteiger partial charge >= 0.3 is 0 Å². The van der Waals surface area contributed by atoms with E-state index in [4.69, 9.17) is 5.73 Å². The fourth-order valence-corrected chi connectivity index (χ4v) is 3.39. The van der Waals surface area contributed by atoms with Crippen molar-refractivity contribution < 1.29 is 9.59 Å². The largest absolute Gasteiger partial charge is 0.330 e. The third-order valence-electron chi connectivity index (χ3n) is 4.80. The van der Waals surface area contributed by atoms with Crippen molar-refractivity contribution in [3.63, 3.8) is 0 Å². The Kier molecular flexibility index (Phi) is 7.70. The second kappa shape index (κ2) is 9.04. The number of nitrogens with one attached hydrogen (secondary N) is 2. The third kappa shape index (κ3) is 5.21. The Hall–Kier alpha value is -1.59. The summed E-state index contributed by atoms with van der Waals surface area (Å²) in [5.74, 6) is -0.124. The van der Waals surface area contributed by atoms with Crippen molar-refractivity contribution in [2.75, 3.05) is 17.2 Å². The second-order valence-electron chi connectivity index (χ2n) is 6.65. The van der Waals surface area contributed by atoms with E-state index in [-0.39, 0.29) is 29.6 Å². The van der Waals surface area contributed by atoms with Crippen LogP contribution in [0.3, 0.4) is 0 Å². The second-order valence-corrected chi connectivity index (χ2v) is 6.65. The summed E-state index contributed by atoms with van der Waals surface area (Å²) in [4.78, 5) is 23.7. The summed E-state index contributed by atoms with van der Waals surface area (Å²) in [6.07, 6.45) is 6.07. The molecule has 2 rings (SSSR count). The highest BCUT2D eigenvalue weighted by atomic mass is 35.5. The first-order chi connectivity index (χ1) is 11.0. The zero-order chi connectivity index (χ0) is 16.9. The van der Waals surface area contributed by atoms with E-state index in [1.54, 1.807) is 0 Å². The number of hydrogen-bond acceptors (Lipinski definition) is 3. The normalized spacial score (nSPS) is 16.0. The van der Waals surface area contributed by atoms with E-state index in [9.17, 15) is 9.59 Å². The van der Waals surface area contributed by atoms with Crippen LogP contribution in [0.4, 0.5) is 11.4 Å². The molecule has 1 saturated carbocycles. The number of carbonyl (C=O) groups is 2. The summed E-state index contributed by atoms with van der Waals surface area (Å²) < 4.78 is 0. The molecule has 1 aliphatic carbocycles. The maximum atomic E-state index is 12.5. The van der Waals surface area contributed by atoms with Gasteiger partial charge in [0, 0.05) is 24.7 Å². The van der Waals surface area contributed by atoms with Gasteiger partial charge in [-0.25, -0.2) is 0 Å². The Balaban J connectivity index is 0.00000288. The summed E-state index contributed by atoms with van der Waals surface area (Å²) in [6, 6.07) is 5.51. The van der Waals surface area contributed by atoms with Crippen LogP contribution in [0.15, 0.2) is 18.2 Å². The number of amides is 2. The molecule has 2 amide bonds. The standard InChI is InChI=1S/C18H27N3O2.ClH/c1-13-15(20-14(2)22)7-6-8-16(13)21-17(23)11-18(12-19)9-4-3-5-10-18;/h6-8H,3-5,9-12,19H2,1-2H3,(H,20,22)(H,21,23);1H. The minimum Gasteiger partial charge on any atom is -0.330 e. The Morgan fingerprint density at radius 3 is 2.25 bits per heavy atom. The molecule has 1 aromatic carbocycles. The number of halogens is 1. The third-order valence-corrected chi connectivity index (χ3v) is 4.80. The topological polar surface area (TPSA) is 84.2 Å². The van der Waals surface area contributed by atoms with Crippen molar-refractivity contribution in [3.05, 3.63) is 23.8 Å². The SMILES string of the molecule is CC(=O)Nc1cccc(NC(=O)CC2(CN)CCCCC2)c1C.Cl. The van der Waals surface area contributed by atoms with Gasteiger partial charge in [-0.2, -0.15) is 0 Å². The molecule has 5 nitrogen and oxygen atoms in total. The minimum atomic E-state index is -0.124. The smallest absolute Gasteiger partial charge is 0.224 e. The molecule has 1 aromatic rings. The van der Waals surface area contributed by atoms with Crippen molar-refractivity contribution in [2.45, 2.75) is 52.4 Å². The zero-order valence-electron chi connectivity index (χ0n) is 14.5. The zero-order valence-corrected chi connectivity index (χ0v) is 15.3. The molecule has 24 heavy (non-hydrogen) atoms. The fraction of sp³-hybridized carbons (Fsp3) is 0.556. The summed E-state index contributed by atoms with van der Waals surface area (Å²) in [5, 5.41) is 5.76. The first kappa shape index (κ1) is 20.5. The van der Waals surface area contributed by atoms with Gasteiger partial charge in [-0.15, -0.1) is 12.4 Å². The molecule has 6 heteroatoms. The predicted molar refractivity (Wildman–Crippen MR) is 101 cm³/mol. The Labute approximate surface area is 150 Å². The van der Waals surface area contributed by atoms with Gasteiger partial charge in [-0.1, -0.05) is 25.3 Å². The highest BCUT2D eigenvalue weighted by Crippen LogP contribution is 2.38. The number of nitrogens with two attached hydrogens (primary N) is 1. The summed E-state index contributed by atoms with van der Waals surface area (Å²) >= 11 is 0. The van der Waals surface area contributed by atoms with Gasteiger partial charge in [0.05, 0.1) is 0 Å². The maximum Gasteiger partial charge on any atom is 0.224 e. The lowest BCUT2D eigenvalue weighted by molar-refractivity contribution is -0.119. The minimum absolute atomic E-state index is 0. The van der Waals surface area contributed by atoms with Gasteiger partial charge in [0.2, 0.25) is 11.8 Å². The first-order valence-corrected chi connectivity index (χ1v) is 8.33. The van der Waals surface area contributed by atoms with Gasteiger partial charge in [0.25, 0.3) is 0 Å². The lowest BCUT2D eigenvalue weighted by atomic mass is 9.71. The molecule has 134 valence electrons. The molecule has 1 aliphatic rings. The van der Waals surface area contributed by atoms with E-state index < -0.39 is 0 Å². The van der Waals surface area contributed by atoms with Crippen molar-refractivity contribution in [1.82, 2.24) is 0 Å². The molecule has 0 aliphatic heterocycles. The highest BCUT2D eigenvalue weighted by molar-refractivity contribution is 5.95. The molecule has 0 radical (unpaired) electrons. The first-order valence-electron chi connectivity index (χ1n) is 8.33. The average Bonchev–Trinajstić information content (AvgIpc) is 2.51. The lowest BCUT2D eigenvalue weighted by Crippen LogP contribution is -2.36. The van der Waals surface area contributed by atoms with Crippen LogP contribution in [0, 0.1) is 12.3 Å². The summed E-state index contributed by atoms with van der Waals surface area (Å²) in [7, 11) is 0. The van der Waals surface area contributed by atoms with Gasteiger partial charge in [0.15, 0.2) is 0 Å². The molecular weight excluding hydrogens is 326 g/mol. The van der Waals surface area contributed by atoms with Crippen LogP contribution in [0.25, 0.3) is 0 Å². The summed E-state index contributed by atoms with van der Waals surface area (Å²) in [5.41, 5.74) is 8.24. The molecule has 0 spiro atoms. The number of carbonyl (C=O) groups excluding carboxylic acids is 2. The Morgan fingerprint density at radius 1 is 1.12 bits per heavy atom. The van der Waals surface area contributed by atoms with Crippen LogP contribution in [-0.4, -0.2) is 18.4 Å². The van der Waals surface area contributed by atoms with Crippen molar-refractivity contribution in [2.24, 2.45) is 11.1 Å². The quantitative estimate of drug-likeness (QED) is 0.755. The molecule has 4 N–H and O–H groups in total. The lowest BCUT2D eigenvalue weighted by Gasteiger charge is -2.35. The number of hydrogen-bond donors (Lipinski definition) is 3. The van der Waals surface area contributed by atoms with Crippen molar-refractivity contribution in [3.8, 4) is 0 Å². The molecule has 0 atom stereocenters. The van der Waals surface area contributed by atoms with Crippen LogP contribution in [-0.2, 0) is 9.59 Å². The number of anilines is 2. The maximum absolute atomic E-state index is 12.5. The fourth-order valence-electron chi connectivity index (χ4n) is 3.39. The van der Waals surface area contributed by atoms with Crippen LogP contribution in [0.1, 0.15) is 51.0 Å². The van der Waals surface area contributed by atoms with Crippen molar-refractivity contribution >= 4 is 35.6 Å². The molecule has 0 heterocycles. The molecule has 0 bridgehead atoms. The average molecular weight is 354 g/mol. The molecule has 1 fully saturated rings. The van der Waals surface area contributed by atoms with E-state index in [0.717, 1.165) is 42.6 Å². The Bertz CT molecular complexity index is 584. The van der Waals surface area contributed by atoms with Crippen LogP contribution in [0.2, 0.25) is 0 Å². The molecule has 0 saturated heterocycles. The molecule has 0 unspecified atom stereocenters. The van der Waals surface area contributed by atoms with Crippen LogP contribution >= 0.6 is 12.4 Å². The van der Waals surface area contributed by atoms with Crippen LogP contribution < -0.4 is 16.4 Å². The Morgan fingerprint density at radius 2 is 1.71 bits per heavy atom.